The molecule has 4 nitrogen and oxygen atoms in total. The van der Waals surface area contributed by atoms with E-state index >= 15 is 0 Å². The van der Waals surface area contributed by atoms with E-state index < -0.39 is 5.92 Å². The average Bonchev–Trinajstić information content (AvgIpc) is 2.82. The Bertz CT molecular complexity index is 1190. The van der Waals surface area contributed by atoms with E-state index in [9.17, 15) is 9.59 Å². The Balaban J connectivity index is 1.60. The molecular weight excluding hydrogens is 456 g/mol. The van der Waals surface area contributed by atoms with Gasteiger partial charge in [-0.1, -0.05) is 87.8 Å². The quantitative estimate of drug-likeness (QED) is 0.378. The molecule has 0 saturated carbocycles. The zero-order valence-corrected chi connectivity index (χ0v) is 21.6. The highest BCUT2D eigenvalue weighted by atomic mass is 35.5. The maximum absolute atomic E-state index is 13.6. The maximum atomic E-state index is 13.6. The lowest BCUT2D eigenvalue weighted by atomic mass is 9.88. The SMILES string of the molecule is CC(C)c1cccc(C(C)C)c1NC(=O)CC1Cc2cc(Cl)ccc2N(Cc2ccccc2)C1=O. The second-order valence-electron chi connectivity index (χ2n) is 9.96. The molecule has 1 heterocycles. The van der Waals surface area contributed by atoms with E-state index in [0.717, 1.165) is 33.6 Å². The van der Waals surface area contributed by atoms with Crippen LogP contribution in [0.3, 0.4) is 0 Å². The van der Waals surface area contributed by atoms with Crippen molar-refractivity contribution in [1.29, 1.82) is 0 Å². The number of benzene rings is 3. The lowest BCUT2D eigenvalue weighted by Crippen LogP contribution is -2.42. The van der Waals surface area contributed by atoms with Crippen molar-refractivity contribution in [2.24, 2.45) is 5.92 Å². The Kier molecular flexibility index (Phi) is 7.61. The predicted octanol–water partition coefficient (Wildman–Crippen LogP) is 7.32. The third kappa shape index (κ3) is 5.59. The van der Waals surface area contributed by atoms with E-state index in [0.29, 0.717) is 18.0 Å². The van der Waals surface area contributed by atoms with Gasteiger partial charge in [0.1, 0.15) is 0 Å². The first-order valence-electron chi connectivity index (χ1n) is 12.3. The van der Waals surface area contributed by atoms with E-state index in [4.69, 9.17) is 11.6 Å². The van der Waals surface area contributed by atoms with Crippen molar-refractivity contribution in [2.45, 2.75) is 58.9 Å². The van der Waals surface area contributed by atoms with Crippen molar-refractivity contribution in [2.75, 3.05) is 10.2 Å². The standard InChI is InChI=1S/C30H33ClN2O2/c1-19(2)25-11-8-12-26(20(3)4)29(25)32-28(34)17-23-15-22-16-24(31)13-14-27(22)33(30(23)35)18-21-9-6-5-7-10-21/h5-14,16,19-20,23H,15,17-18H2,1-4H3,(H,32,34). The lowest BCUT2D eigenvalue weighted by molar-refractivity contribution is -0.127. The Morgan fingerprint density at radius 2 is 1.63 bits per heavy atom. The number of nitrogens with zero attached hydrogens (tertiary/aromatic N) is 1. The van der Waals surface area contributed by atoms with Crippen LogP contribution in [0.15, 0.2) is 66.7 Å². The number of carbonyl (C=O) groups is 2. The summed E-state index contributed by atoms with van der Waals surface area (Å²) in [4.78, 5) is 28.7. The van der Waals surface area contributed by atoms with Crippen LogP contribution in [0.4, 0.5) is 11.4 Å². The monoisotopic (exact) mass is 488 g/mol. The molecule has 0 radical (unpaired) electrons. The van der Waals surface area contributed by atoms with Gasteiger partial charge in [-0.2, -0.15) is 0 Å². The third-order valence-electron chi connectivity index (χ3n) is 6.67. The minimum Gasteiger partial charge on any atom is -0.326 e. The van der Waals surface area contributed by atoms with Gasteiger partial charge in [-0.3, -0.25) is 9.59 Å². The van der Waals surface area contributed by atoms with Gasteiger partial charge in [0.25, 0.3) is 0 Å². The largest absolute Gasteiger partial charge is 0.326 e. The van der Waals surface area contributed by atoms with E-state index in [-0.39, 0.29) is 30.1 Å². The van der Waals surface area contributed by atoms with Gasteiger partial charge in [-0.05, 0) is 58.7 Å². The summed E-state index contributed by atoms with van der Waals surface area (Å²) in [6.07, 6.45) is 0.621. The highest BCUT2D eigenvalue weighted by Crippen LogP contribution is 2.36. The van der Waals surface area contributed by atoms with E-state index in [1.807, 2.05) is 54.6 Å². The molecule has 5 heteroatoms. The summed E-state index contributed by atoms with van der Waals surface area (Å²) in [7, 11) is 0. The third-order valence-corrected chi connectivity index (χ3v) is 6.90. The number of para-hydroxylation sites is 1. The molecule has 0 aromatic heterocycles. The molecule has 3 aromatic carbocycles. The number of hydrogen-bond acceptors (Lipinski definition) is 2. The van der Waals surface area contributed by atoms with Crippen LogP contribution in [0, 0.1) is 5.92 Å². The van der Waals surface area contributed by atoms with Crippen LogP contribution in [0.25, 0.3) is 0 Å². The molecule has 1 unspecified atom stereocenters. The average molecular weight is 489 g/mol. The molecule has 0 fully saturated rings. The number of halogens is 1. The number of rotatable bonds is 7. The van der Waals surface area contributed by atoms with Crippen LogP contribution in [0.5, 0.6) is 0 Å². The van der Waals surface area contributed by atoms with Gasteiger partial charge in [0.2, 0.25) is 11.8 Å². The van der Waals surface area contributed by atoms with E-state index in [2.05, 4.69) is 45.1 Å². The fourth-order valence-corrected chi connectivity index (χ4v) is 5.07. The minimum atomic E-state index is -0.446. The van der Waals surface area contributed by atoms with Crippen LogP contribution in [-0.4, -0.2) is 11.8 Å². The molecule has 1 atom stereocenters. The Morgan fingerprint density at radius 3 is 2.26 bits per heavy atom. The van der Waals surface area contributed by atoms with Crippen molar-refractivity contribution in [3.63, 3.8) is 0 Å². The van der Waals surface area contributed by atoms with Crippen LogP contribution in [-0.2, 0) is 22.6 Å². The molecule has 3 aromatic rings. The molecule has 1 N–H and O–H groups in total. The van der Waals surface area contributed by atoms with E-state index in [1.165, 1.54) is 0 Å². The van der Waals surface area contributed by atoms with Crippen molar-refractivity contribution in [1.82, 2.24) is 0 Å². The molecule has 1 aliphatic heterocycles. The Morgan fingerprint density at radius 1 is 0.971 bits per heavy atom. The van der Waals surface area contributed by atoms with Crippen molar-refractivity contribution in [3.05, 3.63) is 94.0 Å². The molecule has 4 rings (SSSR count). The van der Waals surface area contributed by atoms with Gasteiger partial charge in [-0.15, -0.1) is 0 Å². The number of fused-ring (bicyclic) bond motifs is 1. The summed E-state index contributed by atoms with van der Waals surface area (Å²) in [6.45, 7) is 8.97. The highest BCUT2D eigenvalue weighted by Gasteiger charge is 2.34. The highest BCUT2D eigenvalue weighted by molar-refractivity contribution is 6.30. The fourth-order valence-electron chi connectivity index (χ4n) is 4.87. The first-order chi connectivity index (χ1) is 16.7. The number of hydrogen-bond donors (Lipinski definition) is 1. The van der Waals surface area contributed by atoms with Gasteiger partial charge in [0, 0.05) is 22.8 Å². The van der Waals surface area contributed by atoms with Gasteiger partial charge in [-0.25, -0.2) is 0 Å². The fraction of sp³-hybridized carbons (Fsp3) is 0.333. The van der Waals surface area contributed by atoms with Gasteiger partial charge >= 0.3 is 0 Å². The molecular formula is C30H33ClN2O2. The second kappa shape index (κ2) is 10.7. The lowest BCUT2D eigenvalue weighted by Gasteiger charge is -2.34. The molecule has 182 valence electrons. The molecule has 0 saturated heterocycles. The summed E-state index contributed by atoms with van der Waals surface area (Å²) in [5.41, 5.74) is 6.02. The first-order valence-corrected chi connectivity index (χ1v) is 12.7. The molecule has 0 aliphatic carbocycles. The smallest absolute Gasteiger partial charge is 0.231 e. The van der Waals surface area contributed by atoms with Crippen LogP contribution < -0.4 is 10.2 Å². The summed E-state index contributed by atoms with van der Waals surface area (Å²) in [5, 5.41) is 3.81. The predicted molar refractivity (Wildman–Crippen MR) is 144 cm³/mol. The summed E-state index contributed by atoms with van der Waals surface area (Å²) in [5.74, 6) is -0.0617. The normalized spacial score (nSPS) is 15.5. The van der Waals surface area contributed by atoms with Gasteiger partial charge < -0.3 is 10.2 Å². The minimum absolute atomic E-state index is 0.0277. The first kappa shape index (κ1) is 25.0. The van der Waals surface area contributed by atoms with Crippen LogP contribution in [0.2, 0.25) is 5.02 Å². The molecule has 2 amide bonds. The van der Waals surface area contributed by atoms with Gasteiger partial charge in [0.05, 0.1) is 12.5 Å². The maximum Gasteiger partial charge on any atom is 0.231 e. The molecule has 0 spiro atoms. The van der Waals surface area contributed by atoms with Crippen LogP contribution in [0.1, 0.15) is 68.2 Å². The summed E-state index contributed by atoms with van der Waals surface area (Å²) in [6, 6.07) is 21.7. The summed E-state index contributed by atoms with van der Waals surface area (Å²) >= 11 is 6.29. The second-order valence-corrected chi connectivity index (χ2v) is 10.4. The molecule has 1 aliphatic rings. The van der Waals surface area contributed by atoms with Crippen LogP contribution >= 0.6 is 11.6 Å². The van der Waals surface area contributed by atoms with Crippen molar-refractivity contribution < 1.29 is 9.59 Å². The van der Waals surface area contributed by atoms with Gasteiger partial charge in [0.15, 0.2) is 0 Å². The van der Waals surface area contributed by atoms with Crippen molar-refractivity contribution in [3.8, 4) is 0 Å². The number of carbonyl (C=O) groups excluding carboxylic acids is 2. The van der Waals surface area contributed by atoms with Crippen molar-refractivity contribution >= 4 is 34.8 Å². The Labute approximate surface area is 213 Å². The Hall–Kier alpha value is -3.11. The zero-order valence-electron chi connectivity index (χ0n) is 20.8. The topological polar surface area (TPSA) is 49.4 Å². The number of anilines is 2. The molecule has 0 bridgehead atoms. The zero-order chi connectivity index (χ0) is 25.1. The molecule has 35 heavy (non-hydrogen) atoms. The summed E-state index contributed by atoms with van der Waals surface area (Å²) < 4.78 is 0. The number of amides is 2. The number of nitrogens with one attached hydrogen (secondary N) is 1. The van der Waals surface area contributed by atoms with E-state index in [1.54, 1.807) is 4.90 Å².